The van der Waals surface area contributed by atoms with Crippen molar-refractivity contribution < 1.29 is 14.1 Å². The van der Waals surface area contributed by atoms with Crippen molar-refractivity contribution in [2.75, 3.05) is 32.5 Å². The van der Waals surface area contributed by atoms with E-state index in [-0.39, 0.29) is 28.7 Å². The van der Waals surface area contributed by atoms with Gasteiger partial charge in [-0.3, -0.25) is 14.4 Å². The Kier molecular flexibility index (Phi) is 6.82. The summed E-state index contributed by atoms with van der Waals surface area (Å²) in [6, 6.07) is 7.39. The first kappa shape index (κ1) is 25.1. The Morgan fingerprint density at radius 3 is 2.89 bits per heavy atom. The SMILES string of the molecule is C[C@H]1CC[C@H](c2ccc3sc([C@H](C)CN(C)C)nc3c2)N(C(=O)C(=O)Nc2cnc3o[nH]c(=O)c3c2)C1. The van der Waals surface area contributed by atoms with Crippen molar-refractivity contribution in [1.29, 1.82) is 0 Å². The molecule has 1 aromatic carbocycles. The molecule has 2 amide bonds. The van der Waals surface area contributed by atoms with E-state index in [1.54, 1.807) is 16.2 Å². The van der Waals surface area contributed by atoms with E-state index in [0.717, 1.165) is 40.2 Å². The van der Waals surface area contributed by atoms with Crippen LogP contribution >= 0.6 is 11.3 Å². The number of anilines is 1. The van der Waals surface area contributed by atoms with E-state index in [4.69, 9.17) is 9.51 Å². The average molecular weight is 523 g/mol. The van der Waals surface area contributed by atoms with Crippen LogP contribution in [0.2, 0.25) is 0 Å². The van der Waals surface area contributed by atoms with Crippen LogP contribution in [-0.4, -0.2) is 63.9 Å². The van der Waals surface area contributed by atoms with Crippen LogP contribution in [0.3, 0.4) is 0 Å². The smallest absolute Gasteiger partial charge is 0.313 e. The molecule has 2 N–H and O–H groups in total. The van der Waals surface area contributed by atoms with Gasteiger partial charge in [-0.15, -0.1) is 11.3 Å². The molecule has 1 aliphatic heterocycles. The number of fused-ring (bicyclic) bond motifs is 2. The number of amides is 2. The molecule has 0 saturated carbocycles. The van der Waals surface area contributed by atoms with E-state index in [1.165, 1.54) is 12.3 Å². The number of benzene rings is 1. The molecule has 37 heavy (non-hydrogen) atoms. The molecule has 0 aliphatic carbocycles. The molecule has 3 aromatic heterocycles. The normalized spacial score (nSPS) is 19.0. The van der Waals surface area contributed by atoms with Crippen LogP contribution in [0.15, 0.2) is 39.8 Å². The molecule has 4 aromatic rings. The fourth-order valence-electron chi connectivity index (χ4n) is 4.96. The first-order valence-corrected chi connectivity index (χ1v) is 13.2. The molecule has 0 bridgehead atoms. The maximum absolute atomic E-state index is 13.4. The predicted molar refractivity (Wildman–Crippen MR) is 143 cm³/mol. The molecule has 10 nitrogen and oxygen atoms in total. The molecule has 0 unspecified atom stereocenters. The van der Waals surface area contributed by atoms with Crippen LogP contribution in [0.25, 0.3) is 21.3 Å². The Morgan fingerprint density at radius 2 is 2.11 bits per heavy atom. The van der Waals surface area contributed by atoms with E-state index < -0.39 is 17.4 Å². The van der Waals surface area contributed by atoms with Crippen molar-refractivity contribution in [3.8, 4) is 0 Å². The number of likely N-dealkylation sites (N-methyl/N-ethyl adjacent to an activating group) is 1. The summed E-state index contributed by atoms with van der Waals surface area (Å²) in [6.45, 7) is 5.66. The van der Waals surface area contributed by atoms with E-state index in [0.29, 0.717) is 12.5 Å². The molecule has 0 spiro atoms. The summed E-state index contributed by atoms with van der Waals surface area (Å²) in [5.41, 5.74) is 1.83. The minimum atomic E-state index is -0.769. The standard InChI is InChI=1S/C26H30N6O4S/c1-14-5-7-20(16-6-8-21-19(9-16)29-25(37-21)15(2)13-31(3)4)32(12-14)26(35)23(34)28-17-10-18-22(33)30-36-24(18)27-11-17/h6,8-11,14-15,20H,5,7,12-13H2,1-4H3,(H,28,34)(H,30,33)/t14-,15+,20+/m0/s1. The Labute approximate surface area is 217 Å². The Balaban J connectivity index is 1.38. The summed E-state index contributed by atoms with van der Waals surface area (Å²) in [4.78, 5) is 50.9. The number of nitrogens with zero attached hydrogens (tertiary/aromatic N) is 4. The number of piperidine rings is 1. The van der Waals surface area contributed by atoms with Crippen molar-refractivity contribution in [3.05, 3.63) is 51.4 Å². The van der Waals surface area contributed by atoms with Crippen LogP contribution in [0.4, 0.5) is 5.69 Å². The number of carbonyl (C=O) groups is 2. The molecular weight excluding hydrogens is 492 g/mol. The molecule has 4 heterocycles. The number of pyridine rings is 1. The lowest BCUT2D eigenvalue weighted by Gasteiger charge is -2.38. The van der Waals surface area contributed by atoms with E-state index >= 15 is 0 Å². The number of H-pyrrole nitrogens is 1. The molecule has 0 radical (unpaired) electrons. The maximum Gasteiger partial charge on any atom is 0.313 e. The van der Waals surface area contributed by atoms with Gasteiger partial charge in [0.25, 0.3) is 11.3 Å². The van der Waals surface area contributed by atoms with Crippen molar-refractivity contribution in [2.45, 2.75) is 38.6 Å². The summed E-state index contributed by atoms with van der Waals surface area (Å²) >= 11 is 1.70. The second kappa shape index (κ2) is 10.1. The van der Waals surface area contributed by atoms with E-state index in [9.17, 15) is 14.4 Å². The van der Waals surface area contributed by atoms with Crippen molar-refractivity contribution >= 4 is 50.2 Å². The van der Waals surface area contributed by atoms with Gasteiger partial charge in [-0.25, -0.2) is 9.97 Å². The minimum Gasteiger partial charge on any atom is -0.358 e. The number of carbonyl (C=O) groups excluding carboxylic acids is 2. The number of hydrogen-bond acceptors (Lipinski definition) is 8. The molecule has 1 fully saturated rings. The van der Waals surface area contributed by atoms with Gasteiger partial charge in [0.15, 0.2) is 0 Å². The third-order valence-corrected chi connectivity index (χ3v) is 8.01. The summed E-state index contributed by atoms with van der Waals surface area (Å²) in [7, 11) is 4.11. The second-order valence-corrected chi connectivity index (χ2v) is 11.2. The molecule has 3 atom stereocenters. The Hall–Kier alpha value is -3.57. The maximum atomic E-state index is 13.4. The van der Waals surface area contributed by atoms with E-state index in [2.05, 4.69) is 60.4 Å². The van der Waals surface area contributed by atoms with Crippen LogP contribution in [0, 0.1) is 5.92 Å². The van der Waals surface area contributed by atoms with Crippen molar-refractivity contribution in [3.63, 3.8) is 0 Å². The lowest BCUT2D eigenvalue weighted by molar-refractivity contribution is -0.146. The molecule has 194 valence electrons. The van der Waals surface area contributed by atoms with Gasteiger partial charge >= 0.3 is 11.8 Å². The number of likely N-dealkylation sites (tertiary alicyclic amines) is 1. The van der Waals surface area contributed by atoms with Gasteiger partial charge in [-0.1, -0.05) is 19.9 Å². The largest absolute Gasteiger partial charge is 0.358 e. The van der Waals surface area contributed by atoms with Gasteiger partial charge in [-0.2, -0.15) is 5.16 Å². The van der Waals surface area contributed by atoms with Gasteiger partial charge in [0.05, 0.1) is 33.2 Å². The fourth-order valence-corrected chi connectivity index (χ4v) is 5.95. The molecule has 5 rings (SSSR count). The molecule has 11 heteroatoms. The highest BCUT2D eigenvalue weighted by Gasteiger charge is 2.34. The number of thiazole rings is 1. The lowest BCUT2D eigenvalue weighted by Crippen LogP contribution is -2.46. The third-order valence-electron chi connectivity index (χ3n) is 6.74. The zero-order valence-corrected chi connectivity index (χ0v) is 22.1. The highest BCUT2D eigenvalue weighted by atomic mass is 32.1. The van der Waals surface area contributed by atoms with Crippen LogP contribution in [0.1, 0.15) is 49.2 Å². The third kappa shape index (κ3) is 5.14. The summed E-state index contributed by atoms with van der Waals surface area (Å²) in [6.07, 6.45) is 3.07. The number of rotatable bonds is 5. The van der Waals surface area contributed by atoms with Gasteiger partial charge in [0.2, 0.25) is 0 Å². The topological polar surface area (TPSA) is 124 Å². The van der Waals surface area contributed by atoms with E-state index in [1.807, 2.05) is 6.07 Å². The van der Waals surface area contributed by atoms with Crippen LogP contribution in [-0.2, 0) is 9.59 Å². The van der Waals surface area contributed by atoms with Crippen molar-refractivity contribution in [1.82, 2.24) is 24.9 Å². The van der Waals surface area contributed by atoms with Gasteiger partial charge in [-0.05, 0) is 56.6 Å². The van der Waals surface area contributed by atoms with Gasteiger partial charge in [0.1, 0.15) is 5.39 Å². The average Bonchev–Trinajstić information content (AvgIpc) is 3.46. The predicted octanol–water partition coefficient (Wildman–Crippen LogP) is 3.73. The Morgan fingerprint density at radius 1 is 1.30 bits per heavy atom. The second-order valence-electron chi connectivity index (χ2n) is 10.2. The monoisotopic (exact) mass is 522 g/mol. The summed E-state index contributed by atoms with van der Waals surface area (Å²) < 4.78 is 6.06. The number of aromatic nitrogens is 3. The minimum absolute atomic E-state index is 0.135. The zero-order valence-electron chi connectivity index (χ0n) is 21.3. The van der Waals surface area contributed by atoms with Crippen LogP contribution < -0.4 is 10.9 Å². The zero-order chi connectivity index (χ0) is 26.3. The molecular formula is C26H30N6O4S. The highest BCUT2D eigenvalue weighted by Crippen LogP contribution is 2.36. The molecule has 1 saturated heterocycles. The fraction of sp³-hybridized carbons (Fsp3) is 0.423. The first-order valence-electron chi connectivity index (χ1n) is 12.3. The number of aromatic amines is 1. The summed E-state index contributed by atoms with van der Waals surface area (Å²) in [5, 5.41) is 6.09. The lowest BCUT2D eigenvalue weighted by atomic mass is 9.89. The quantitative estimate of drug-likeness (QED) is 0.383. The summed E-state index contributed by atoms with van der Waals surface area (Å²) in [5.74, 6) is -0.789. The number of nitrogens with one attached hydrogen (secondary N) is 2. The first-order chi connectivity index (χ1) is 17.7. The van der Waals surface area contributed by atoms with Gasteiger partial charge in [0, 0.05) is 19.0 Å². The Bertz CT molecular complexity index is 1520. The van der Waals surface area contributed by atoms with Crippen molar-refractivity contribution in [2.24, 2.45) is 5.92 Å². The highest BCUT2D eigenvalue weighted by molar-refractivity contribution is 7.18. The molecule has 1 aliphatic rings. The number of hydrogen-bond donors (Lipinski definition) is 2. The van der Waals surface area contributed by atoms with Crippen LogP contribution in [0.5, 0.6) is 0 Å². The van der Waals surface area contributed by atoms with Gasteiger partial charge < -0.3 is 19.6 Å².